The number of nitrogens with two attached hydrogens (primary N) is 1. The highest BCUT2D eigenvalue weighted by molar-refractivity contribution is 4.73. The average Bonchev–Trinajstić information content (AvgIpc) is 2.25. The van der Waals surface area contributed by atoms with Gasteiger partial charge in [0, 0.05) is 19.7 Å². The molecule has 0 aromatic heterocycles. The van der Waals surface area contributed by atoms with Crippen LogP contribution in [-0.2, 0) is 4.74 Å². The second-order valence-electron chi connectivity index (χ2n) is 5.96. The summed E-state index contributed by atoms with van der Waals surface area (Å²) in [6.45, 7) is 16.7. The van der Waals surface area contributed by atoms with Gasteiger partial charge in [0.1, 0.15) is 0 Å². The molecule has 104 valence electrons. The van der Waals surface area contributed by atoms with Gasteiger partial charge < -0.3 is 15.4 Å². The molecule has 1 atom stereocenters. The molecular formula is C14H32N2O. The standard InChI is InChI=1S/C14H32N2O/c1-6-16(8-9-17-7-2)12-13(11-15)10-14(3,4)5/h13H,6-12,15H2,1-5H3. The number of ether oxygens (including phenoxy) is 1. The molecule has 0 bridgehead atoms. The Morgan fingerprint density at radius 1 is 1.24 bits per heavy atom. The Morgan fingerprint density at radius 3 is 2.29 bits per heavy atom. The van der Waals surface area contributed by atoms with E-state index in [0.717, 1.165) is 39.4 Å². The van der Waals surface area contributed by atoms with Gasteiger partial charge in [-0.3, -0.25) is 0 Å². The fourth-order valence-electron chi connectivity index (χ4n) is 2.17. The van der Waals surface area contributed by atoms with Crippen LogP contribution in [0, 0.1) is 11.3 Å². The maximum Gasteiger partial charge on any atom is 0.0593 e. The van der Waals surface area contributed by atoms with Crippen molar-refractivity contribution in [2.45, 2.75) is 41.0 Å². The van der Waals surface area contributed by atoms with Gasteiger partial charge in [-0.05, 0) is 37.8 Å². The molecule has 0 aliphatic carbocycles. The predicted molar refractivity (Wildman–Crippen MR) is 75.2 cm³/mol. The van der Waals surface area contributed by atoms with Crippen molar-refractivity contribution in [3.8, 4) is 0 Å². The highest BCUT2D eigenvalue weighted by Crippen LogP contribution is 2.24. The lowest BCUT2D eigenvalue weighted by atomic mass is 9.84. The van der Waals surface area contributed by atoms with Crippen LogP contribution < -0.4 is 5.73 Å². The van der Waals surface area contributed by atoms with E-state index in [1.54, 1.807) is 0 Å². The normalized spacial score (nSPS) is 14.3. The maximum absolute atomic E-state index is 5.88. The van der Waals surface area contributed by atoms with Crippen LogP contribution in [0.4, 0.5) is 0 Å². The van der Waals surface area contributed by atoms with Gasteiger partial charge in [-0.1, -0.05) is 27.7 Å². The summed E-state index contributed by atoms with van der Waals surface area (Å²) >= 11 is 0. The highest BCUT2D eigenvalue weighted by Gasteiger charge is 2.19. The quantitative estimate of drug-likeness (QED) is 0.633. The Balaban J connectivity index is 4.03. The molecule has 0 aliphatic rings. The van der Waals surface area contributed by atoms with Crippen LogP contribution in [0.1, 0.15) is 41.0 Å². The molecule has 0 aliphatic heterocycles. The van der Waals surface area contributed by atoms with E-state index >= 15 is 0 Å². The third-order valence-electron chi connectivity index (χ3n) is 2.95. The minimum absolute atomic E-state index is 0.364. The molecule has 0 fully saturated rings. The lowest BCUT2D eigenvalue weighted by Crippen LogP contribution is -2.36. The molecule has 2 N–H and O–H groups in total. The van der Waals surface area contributed by atoms with E-state index < -0.39 is 0 Å². The van der Waals surface area contributed by atoms with E-state index in [1.807, 2.05) is 6.92 Å². The van der Waals surface area contributed by atoms with Crippen molar-refractivity contribution in [2.24, 2.45) is 17.1 Å². The summed E-state index contributed by atoms with van der Waals surface area (Å²) in [6, 6.07) is 0. The summed E-state index contributed by atoms with van der Waals surface area (Å²) in [6.07, 6.45) is 1.19. The second kappa shape index (κ2) is 8.90. The fourth-order valence-corrected chi connectivity index (χ4v) is 2.17. The zero-order valence-electron chi connectivity index (χ0n) is 12.5. The van der Waals surface area contributed by atoms with Crippen LogP contribution in [0.25, 0.3) is 0 Å². The molecule has 0 rings (SSSR count). The molecular weight excluding hydrogens is 212 g/mol. The topological polar surface area (TPSA) is 38.5 Å². The van der Waals surface area contributed by atoms with Crippen LogP contribution >= 0.6 is 0 Å². The van der Waals surface area contributed by atoms with E-state index in [0.29, 0.717) is 11.3 Å². The molecule has 3 heteroatoms. The summed E-state index contributed by atoms with van der Waals surface area (Å²) < 4.78 is 5.41. The Morgan fingerprint density at radius 2 is 1.88 bits per heavy atom. The molecule has 0 saturated heterocycles. The summed E-state index contributed by atoms with van der Waals surface area (Å²) in [7, 11) is 0. The van der Waals surface area contributed by atoms with Crippen molar-refractivity contribution in [1.82, 2.24) is 4.90 Å². The fraction of sp³-hybridized carbons (Fsp3) is 1.00. The first kappa shape index (κ1) is 16.9. The van der Waals surface area contributed by atoms with Gasteiger partial charge in [-0.2, -0.15) is 0 Å². The number of hydrogen-bond donors (Lipinski definition) is 1. The second-order valence-corrected chi connectivity index (χ2v) is 5.96. The molecule has 0 aromatic carbocycles. The smallest absolute Gasteiger partial charge is 0.0593 e. The lowest BCUT2D eigenvalue weighted by Gasteiger charge is -2.30. The molecule has 0 heterocycles. The predicted octanol–water partition coefficient (Wildman–Crippen LogP) is 2.36. The number of nitrogens with zero attached hydrogens (tertiary/aromatic N) is 1. The Bertz CT molecular complexity index is 178. The lowest BCUT2D eigenvalue weighted by molar-refractivity contribution is 0.104. The van der Waals surface area contributed by atoms with Crippen LogP contribution in [0.15, 0.2) is 0 Å². The molecule has 17 heavy (non-hydrogen) atoms. The Hall–Kier alpha value is -0.120. The first-order valence-corrected chi connectivity index (χ1v) is 6.93. The number of rotatable bonds is 9. The number of likely N-dealkylation sites (N-methyl/N-ethyl adjacent to an activating group) is 1. The van der Waals surface area contributed by atoms with Gasteiger partial charge in [0.05, 0.1) is 6.61 Å². The highest BCUT2D eigenvalue weighted by atomic mass is 16.5. The van der Waals surface area contributed by atoms with Crippen molar-refractivity contribution >= 4 is 0 Å². The van der Waals surface area contributed by atoms with Crippen LogP contribution in [0.3, 0.4) is 0 Å². The molecule has 0 radical (unpaired) electrons. The number of hydrogen-bond acceptors (Lipinski definition) is 3. The summed E-state index contributed by atoms with van der Waals surface area (Å²) in [5.74, 6) is 0.594. The summed E-state index contributed by atoms with van der Waals surface area (Å²) in [5.41, 5.74) is 6.24. The van der Waals surface area contributed by atoms with Crippen LogP contribution in [-0.4, -0.2) is 44.3 Å². The van der Waals surface area contributed by atoms with Gasteiger partial charge in [0.15, 0.2) is 0 Å². The Labute approximate surface area is 108 Å². The van der Waals surface area contributed by atoms with E-state index in [9.17, 15) is 0 Å². The third kappa shape index (κ3) is 9.57. The van der Waals surface area contributed by atoms with E-state index in [-0.39, 0.29) is 0 Å². The van der Waals surface area contributed by atoms with Gasteiger partial charge in [0.2, 0.25) is 0 Å². The van der Waals surface area contributed by atoms with E-state index in [1.165, 1.54) is 6.42 Å². The first-order chi connectivity index (χ1) is 7.92. The van der Waals surface area contributed by atoms with Crippen molar-refractivity contribution in [2.75, 3.05) is 39.4 Å². The average molecular weight is 244 g/mol. The van der Waals surface area contributed by atoms with Crippen molar-refractivity contribution in [3.63, 3.8) is 0 Å². The molecule has 0 aromatic rings. The molecule has 0 spiro atoms. The van der Waals surface area contributed by atoms with E-state index in [2.05, 4.69) is 32.6 Å². The largest absolute Gasteiger partial charge is 0.380 e. The summed E-state index contributed by atoms with van der Waals surface area (Å²) in [4.78, 5) is 2.44. The van der Waals surface area contributed by atoms with Crippen LogP contribution in [0.5, 0.6) is 0 Å². The van der Waals surface area contributed by atoms with Crippen molar-refractivity contribution in [3.05, 3.63) is 0 Å². The SMILES string of the molecule is CCOCCN(CC)CC(CN)CC(C)(C)C. The first-order valence-electron chi connectivity index (χ1n) is 6.93. The minimum Gasteiger partial charge on any atom is -0.380 e. The van der Waals surface area contributed by atoms with Gasteiger partial charge in [-0.25, -0.2) is 0 Å². The molecule has 0 saturated carbocycles. The summed E-state index contributed by atoms with van der Waals surface area (Å²) in [5, 5.41) is 0. The van der Waals surface area contributed by atoms with Gasteiger partial charge in [-0.15, -0.1) is 0 Å². The zero-order valence-corrected chi connectivity index (χ0v) is 12.5. The molecule has 3 nitrogen and oxygen atoms in total. The zero-order chi connectivity index (χ0) is 13.3. The minimum atomic E-state index is 0.364. The van der Waals surface area contributed by atoms with Crippen molar-refractivity contribution in [1.29, 1.82) is 0 Å². The monoisotopic (exact) mass is 244 g/mol. The van der Waals surface area contributed by atoms with Gasteiger partial charge >= 0.3 is 0 Å². The van der Waals surface area contributed by atoms with Gasteiger partial charge in [0.25, 0.3) is 0 Å². The maximum atomic E-state index is 5.88. The third-order valence-corrected chi connectivity index (χ3v) is 2.95. The van der Waals surface area contributed by atoms with Crippen LogP contribution in [0.2, 0.25) is 0 Å². The van der Waals surface area contributed by atoms with E-state index in [4.69, 9.17) is 10.5 Å². The molecule has 1 unspecified atom stereocenters. The Kier molecular flexibility index (Phi) is 8.83. The van der Waals surface area contributed by atoms with Crippen molar-refractivity contribution < 1.29 is 4.74 Å². The molecule has 0 amide bonds.